The average Bonchev–Trinajstić information content (AvgIpc) is 2.38. The van der Waals surface area contributed by atoms with Gasteiger partial charge in [0.2, 0.25) is 0 Å². The summed E-state index contributed by atoms with van der Waals surface area (Å²) in [5.74, 6) is 1.98. The number of nitrogens with one attached hydrogen (secondary N) is 1. The lowest BCUT2D eigenvalue weighted by Crippen LogP contribution is -2.36. The van der Waals surface area contributed by atoms with Gasteiger partial charge in [0.25, 0.3) is 0 Å². The van der Waals surface area contributed by atoms with Crippen molar-refractivity contribution in [2.24, 2.45) is 5.92 Å². The number of hydrogen-bond acceptors (Lipinski definition) is 2. The van der Waals surface area contributed by atoms with Crippen LogP contribution in [0.5, 0.6) is 0 Å². The van der Waals surface area contributed by atoms with E-state index in [1.165, 1.54) is 29.1 Å². The van der Waals surface area contributed by atoms with E-state index in [1.807, 2.05) is 11.8 Å². The van der Waals surface area contributed by atoms with Crippen molar-refractivity contribution in [3.05, 3.63) is 29.8 Å². The number of benzene rings is 1. The van der Waals surface area contributed by atoms with Gasteiger partial charge in [0.1, 0.15) is 0 Å². The Morgan fingerprint density at radius 1 is 1.35 bits per heavy atom. The van der Waals surface area contributed by atoms with Gasteiger partial charge in [0, 0.05) is 17.0 Å². The zero-order valence-electron chi connectivity index (χ0n) is 11.1. The summed E-state index contributed by atoms with van der Waals surface area (Å²) >= 11 is 1.99. The molecular formula is C15H23NS. The van der Waals surface area contributed by atoms with Gasteiger partial charge in [-0.1, -0.05) is 38.5 Å². The number of hydrogen-bond donors (Lipinski definition) is 1. The molecule has 0 saturated carbocycles. The second kappa shape index (κ2) is 5.92. The molecule has 1 aliphatic heterocycles. The third-order valence-electron chi connectivity index (χ3n) is 3.92. The zero-order chi connectivity index (χ0) is 12.3. The van der Waals surface area contributed by atoms with Crippen LogP contribution < -0.4 is 5.32 Å². The first-order chi connectivity index (χ1) is 8.22. The predicted molar refractivity (Wildman–Crippen MR) is 76.6 cm³/mol. The van der Waals surface area contributed by atoms with Crippen LogP contribution in [0.3, 0.4) is 0 Å². The summed E-state index contributed by atoms with van der Waals surface area (Å²) in [6.45, 7) is 6.92. The number of thioether (sulfide) groups is 1. The largest absolute Gasteiger partial charge is 0.307 e. The molecule has 0 bridgehead atoms. The number of rotatable bonds is 4. The molecule has 1 N–H and O–H groups in total. The highest BCUT2D eigenvalue weighted by atomic mass is 32.2. The topological polar surface area (TPSA) is 12.0 Å². The van der Waals surface area contributed by atoms with Crippen molar-refractivity contribution in [1.29, 1.82) is 0 Å². The highest BCUT2D eigenvalue weighted by molar-refractivity contribution is 7.99. The van der Waals surface area contributed by atoms with E-state index >= 15 is 0 Å². The molecule has 0 aliphatic carbocycles. The molecule has 3 unspecified atom stereocenters. The fraction of sp³-hybridized carbons (Fsp3) is 0.600. The Morgan fingerprint density at radius 3 is 2.88 bits per heavy atom. The van der Waals surface area contributed by atoms with Crippen LogP contribution in [0.4, 0.5) is 0 Å². The number of fused-ring (bicyclic) bond motifs is 1. The average molecular weight is 249 g/mol. The van der Waals surface area contributed by atoms with Crippen molar-refractivity contribution >= 4 is 11.8 Å². The molecule has 2 rings (SSSR count). The molecule has 0 saturated heterocycles. The quantitative estimate of drug-likeness (QED) is 0.856. The normalized spacial score (nSPS) is 22.9. The van der Waals surface area contributed by atoms with Crippen LogP contribution in [0, 0.1) is 5.92 Å². The van der Waals surface area contributed by atoms with E-state index in [2.05, 4.69) is 50.4 Å². The molecule has 1 aliphatic rings. The standard InChI is InChI=1S/C15H23NS/c1-4-11(2)12(3)16-14-9-10-17-15-8-6-5-7-13(14)15/h5-8,11-12,14,16H,4,9-10H2,1-3H3. The maximum Gasteiger partial charge on any atom is 0.0341 e. The van der Waals surface area contributed by atoms with Crippen LogP contribution in [0.1, 0.15) is 45.2 Å². The van der Waals surface area contributed by atoms with Crippen molar-refractivity contribution < 1.29 is 0 Å². The van der Waals surface area contributed by atoms with E-state index < -0.39 is 0 Å². The van der Waals surface area contributed by atoms with Crippen molar-refractivity contribution in [2.45, 2.75) is 50.6 Å². The first-order valence-corrected chi connectivity index (χ1v) is 7.68. The lowest BCUT2D eigenvalue weighted by atomic mass is 9.97. The van der Waals surface area contributed by atoms with Gasteiger partial charge in [0.15, 0.2) is 0 Å². The molecule has 94 valence electrons. The Labute approximate surface area is 109 Å². The molecule has 0 fully saturated rings. The fourth-order valence-corrected chi connectivity index (χ4v) is 3.48. The minimum absolute atomic E-state index is 0.552. The lowest BCUT2D eigenvalue weighted by molar-refractivity contribution is 0.343. The molecule has 0 aromatic heterocycles. The van der Waals surface area contributed by atoms with Crippen LogP contribution in [-0.2, 0) is 0 Å². The molecule has 0 radical (unpaired) electrons. The second-order valence-corrected chi connectivity index (χ2v) is 6.21. The minimum atomic E-state index is 0.552. The molecular weight excluding hydrogens is 226 g/mol. The highest BCUT2D eigenvalue weighted by Crippen LogP contribution is 2.36. The molecule has 1 aromatic carbocycles. The molecule has 1 aromatic rings. The highest BCUT2D eigenvalue weighted by Gasteiger charge is 2.22. The third-order valence-corrected chi connectivity index (χ3v) is 5.04. The SMILES string of the molecule is CCC(C)C(C)NC1CCSc2ccccc21. The minimum Gasteiger partial charge on any atom is -0.307 e. The van der Waals surface area contributed by atoms with Gasteiger partial charge in [-0.3, -0.25) is 0 Å². The first-order valence-electron chi connectivity index (χ1n) is 6.70. The molecule has 1 nitrogen and oxygen atoms in total. The zero-order valence-corrected chi connectivity index (χ0v) is 11.9. The Bertz CT molecular complexity index is 364. The summed E-state index contributed by atoms with van der Waals surface area (Å²) in [6, 6.07) is 9.99. The Kier molecular flexibility index (Phi) is 4.52. The summed E-state index contributed by atoms with van der Waals surface area (Å²) in [7, 11) is 0. The Balaban J connectivity index is 2.08. The van der Waals surface area contributed by atoms with Crippen LogP contribution >= 0.6 is 11.8 Å². The van der Waals surface area contributed by atoms with Gasteiger partial charge in [-0.2, -0.15) is 0 Å². The molecule has 0 spiro atoms. The van der Waals surface area contributed by atoms with Gasteiger partial charge in [-0.25, -0.2) is 0 Å². The van der Waals surface area contributed by atoms with E-state index in [1.54, 1.807) is 0 Å². The van der Waals surface area contributed by atoms with Crippen LogP contribution in [0.2, 0.25) is 0 Å². The van der Waals surface area contributed by atoms with Gasteiger partial charge in [-0.15, -0.1) is 11.8 Å². The summed E-state index contributed by atoms with van der Waals surface area (Å²) in [4.78, 5) is 1.47. The summed E-state index contributed by atoms with van der Waals surface area (Å²) < 4.78 is 0. The molecule has 2 heteroatoms. The van der Waals surface area contributed by atoms with Gasteiger partial charge in [-0.05, 0) is 36.6 Å². The van der Waals surface area contributed by atoms with Crippen LogP contribution in [0.15, 0.2) is 29.2 Å². The van der Waals surface area contributed by atoms with Crippen LogP contribution in [0.25, 0.3) is 0 Å². The Hall–Kier alpha value is -0.470. The summed E-state index contributed by atoms with van der Waals surface area (Å²) in [6.07, 6.45) is 2.50. The first kappa shape index (κ1) is 13.0. The van der Waals surface area contributed by atoms with Crippen molar-refractivity contribution in [3.63, 3.8) is 0 Å². The van der Waals surface area contributed by atoms with E-state index in [-0.39, 0.29) is 0 Å². The Morgan fingerprint density at radius 2 is 2.12 bits per heavy atom. The second-order valence-electron chi connectivity index (χ2n) is 5.07. The maximum atomic E-state index is 3.81. The lowest BCUT2D eigenvalue weighted by Gasteiger charge is -2.31. The van der Waals surface area contributed by atoms with E-state index in [0.717, 1.165) is 5.92 Å². The van der Waals surface area contributed by atoms with E-state index in [4.69, 9.17) is 0 Å². The maximum absolute atomic E-state index is 3.81. The monoisotopic (exact) mass is 249 g/mol. The van der Waals surface area contributed by atoms with Crippen molar-refractivity contribution in [3.8, 4) is 0 Å². The summed E-state index contributed by atoms with van der Waals surface area (Å²) in [5, 5.41) is 3.81. The fourth-order valence-electron chi connectivity index (χ4n) is 2.35. The van der Waals surface area contributed by atoms with Crippen LogP contribution in [-0.4, -0.2) is 11.8 Å². The third kappa shape index (κ3) is 3.05. The van der Waals surface area contributed by atoms with Gasteiger partial charge < -0.3 is 5.32 Å². The molecule has 17 heavy (non-hydrogen) atoms. The molecule has 1 heterocycles. The van der Waals surface area contributed by atoms with Crippen molar-refractivity contribution in [2.75, 3.05) is 5.75 Å². The predicted octanol–water partition coefficient (Wildman–Crippen LogP) is 4.25. The van der Waals surface area contributed by atoms with E-state index in [9.17, 15) is 0 Å². The van der Waals surface area contributed by atoms with Crippen molar-refractivity contribution in [1.82, 2.24) is 5.32 Å². The molecule has 3 atom stereocenters. The van der Waals surface area contributed by atoms with Gasteiger partial charge in [0.05, 0.1) is 0 Å². The molecule has 0 amide bonds. The van der Waals surface area contributed by atoms with Gasteiger partial charge >= 0.3 is 0 Å². The summed E-state index contributed by atoms with van der Waals surface area (Å²) in [5.41, 5.74) is 1.50. The van der Waals surface area contributed by atoms with E-state index in [0.29, 0.717) is 12.1 Å². The smallest absolute Gasteiger partial charge is 0.0341 e.